The van der Waals surface area contributed by atoms with Gasteiger partial charge in [-0.05, 0) is 12.1 Å². The SMILES string of the molecule is Nc1cc2c(cc1C(=O)Nc1cc(OC(F)F)ccn1)OC(F)(F)O2. The van der Waals surface area contributed by atoms with Gasteiger partial charge in [-0.25, -0.2) is 4.98 Å². The Labute approximate surface area is 137 Å². The van der Waals surface area contributed by atoms with Crippen LogP contribution in [0.25, 0.3) is 0 Å². The van der Waals surface area contributed by atoms with Gasteiger partial charge in [0.15, 0.2) is 11.5 Å². The number of benzene rings is 1. The zero-order valence-electron chi connectivity index (χ0n) is 12.1. The molecule has 1 aliphatic rings. The number of hydrogen-bond donors (Lipinski definition) is 2. The molecule has 0 aliphatic carbocycles. The fourth-order valence-corrected chi connectivity index (χ4v) is 2.05. The third-order valence-electron chi connectivity index (χ3n) is 3.02. The second-order valence-corrected chi connectivity index (χ2v) is 4.76. The number of anilines is 2. The van der Waals surface area contributed by atoms with Gasteiger partial charge in [-0.1, -0.05) is 0 Å². The van der Waals surface area contributed by atoms with Crippen molar-refractivity contribution in [1.82, 2.24) is 4.98 Å². The lowest BCUT2D eigenvalue weighted by Gasteiger charge is -2.09. The fourth-order valence-electron chi connectivity index (χ4n) is 2.05. The molecule has 1 aliphatic heterocycles. The minimum Gasteiger partial charge on any atom is -0.435 e. The molecule has 1 aromatic heterocycles. The average Bonchev–Trinajstić information content (AvgIpc) is 2.78. The van der Waals surface area contributed by atoms with Crippen molar-refractivity contribution >= 4 is 17.4 Å². The summed E-state index contributed by atoms with van der Waals surface area (Å²) in [6.07, 6.45) is -2.72. The minimum absolute atomic E-state index is 0.106. The number of rotatable bonds is 4. The molecule has 0 saturated heterocycles. The second kappa shape index (κ2) is 6.00. The highest BCUT2D eigenvalue weighted by Gasteiger charge is 2.44. The van der Waals surface area contributed by atoms with Crippen LogP contribution in [0, 0.1) is 0 Å². The van der Waals surface area contributed by atoms with Crippen molar-refractivity contribution in [3.63, 3.8) is 0 Å². The van der Waals surface area contributed by atoms with E-state index < -0.39 is 18.8 Å². The number of fused-ring (bicyclic) bond motifs is 1. The summed E-state index contributed by atoms with van der Waals surface area (Å²) in [5, 5.41) is 2.29. The molecule has 7 nitrogen and oxygen atoms in total. The van der Waals surface area contributed by atoms with Gasteiger partial charge in [-0.3, -0.25) is 4.79 Å². The van der Waals surface area contributed by atoms with Crippen LogP contribution in [0.3, 0.4) is 0 Å². The largest absolute Gasteiger partial charge is 0.586 e. The maximum Gasteiger partial charge on any atom is 0.586 e. The smallest absolute Gasteiger partial charge is 0.435 e. The van der Waals surface area contributed by atoms with Gasteiger partial charge in [0.05, 0.1) is 5.56 Å². The Morgan fingerprint density at radius 3 is 2.60 bits per heavy atom. The van der Waals surface area contributed by atoms with Crippen LogP contribution < -0.4 is 25.3 Å². The van der Waals surface area contributed by atoms with Gasteiger partial charge in [0.25, 0.3) is 5.91 Å². The first kappa shape index (κ1) is 16.6. The standard InChI is InChI=1S/C14H9F4N3O4/c15-13(16)23-6-1-2-20-11(3-6)21-12(22)7-4-9-10(5-8(7)19)25-14(17,18)24-9/h1-5,13H,19H2,(H,20,21,22). The van der Waals surface area contributed by atoms with Crippen LogP contribution in [0.15, 0.2) is 30.5 Å². The van der Waals surface area contributed by atoms with Gasteiger partial charge >= 0.3 is 12.9 Å². The zero-order valence-corrected chi connectivity index (χ0v) is 12.1. The Morgan fingerprint density at radius 1 is 1.24 bits per heavy atom. The van der Waals surface area contributed by atoms with Crippen LogP contribution >= 0.6 is 0 Å². The van der Waals surface area contributed by atoms with Crippen LogP contribution in [0.2, 0.25) is 0 Å². The number of amides is 1. The van der Waals surface area contributed by atoms with Gasteiger partial charge in [0, 0.05) is 24.0 Å². The lowest BCUT2D eigenvalue weighted by atomic mass is 10.1. The van der Waals surface area contributed by atoms with E-state index in [9.17, 15) is 22.4 Å². The van der Waals surface area contributed by atoms with Crippen molar-refractivity contribution < 1.29 is 36.6 Å². The van der Waals surface area contributed by atoms with Crippen molar-refractivity contribution in [3.05, 3.63) is 36.0 Å². The van der Waals surface area contributed by atoms with Crippen LogP contribution in [0.5, 0.6) is 17.2 Å². The summed E-state index contributed by atoms with van der Waals surface area (Å²) < 4.78 is 63.1. The number of alkyl halides is 4. The summed E-state index contributed by atoms with van der Waals surface area (Å²) in [6, 6.07) is 4.20. The molecule has 1 aromatic carbocycles. The molecule has 0 spiro atoms. The van der Waals surface area contributed by atoms with Crippen molar-refractivity contribution in [2.45, 2.75) is 12.9 Å². The molecule has 0 unspecified atom stereocenters. The van der Waals surface area contributed by atoms with Gasteiger partial charge in [0.1, 0.15) is 11.6 Å². The monoisotopic (exact) mass is 359 g/mol. The highest BCUT2D eigenvalue weighted by Crippen LogP contribution is 2.43. The molecule has 0 saturated carbocycles. The number of nitrogen functional groups attached to an aromatic ring is 1. The molecule has 0 atom stereocenters. The number of nitrogens with one attached hydrogen (secondary N) is 1. The first-order valence-electron chi connectivity index (χ1n) is 6.65. The number of halogens is 4. The summed E-state index contributed by atoms with van der Waals surface area (Å²) in [6.45, 7) is -3.04. The van der Waals surface area contributed by atoms with Gasteiger partial charge in [0.2, 0.25) is 0 Å². The van der Waals surface area contributed by atoms with E-state index in [-0.39, 0.29) is 34.3 Å². The lowest BCUT2D eigenvalue weighted by molar-refractivity contribution is -0.286. The van der Waals surface area contributed by atoms with E-state index in [1.165, 1.54) is 6.07 Å². The Morgan fingerprint density at radius 2 is 1.92 bits per heavy atom. The van der Waals surface area contributed by atoms with Crippen molar-refractivity contribution in [2.24, 2.45) is 0 Å². The average molecular weight is 359 g/mol. The topological polar surface area (TPSA) is 95.7 Å². The van der Waals surface area contributed by atoms with E-state index in [2.05, 4.69) is 24.5 Å². The summed E-state index contributed by atoms with van der Waals surface area (Å²) in [5.74, 6) is -1.83. The number of ether oxygens (including phenoxy) is 3. The van der Waals surface area contributed by atoms with E-state index in [4.69, 9.17) is 5.73 Å². The molecule has 2 heterocycles. The maximum atomic E-state index is 13.0. The molecule has 1 amide bonds. The van der Waals surface area contributed by atoms with E-state index in [0.29, 0.717) is 0 Å². The number of hydrogen-bond acceptors (Lipinski definition) is 6. The summed E-state index contributed by atoms with van der Waals surface area (Å²) in [7, 11) is 0. The minimum atomic E-state index is -3.85. The molecule has 3 rings (SSSR count). The zero-order chi connectivity index (χ0) is 18.2. The fraction of sp³-hybridized carbons (Fsp3) is 0.143. The Balaban J connectivity index is 1.81. The van der Waals surface area contributed by atoms with Gasteiger partial charge in [-0.2, -0.15) is 8.78 Å². The number of carbonyl (C=O) groups excluding carboxylic acids is 1. The number of carbonyl (C=O) groups is 1. The summed E-state index contributed by atoms with van der Waals surface area (Å²) in [4.78, 5) is 16.0. The number of nitrogens with zero attached hydrogens (tertiary/aromatic N) is 1. The molecular weight excluding hydrogens is 350 g/mol. The molecule has 2 aromatic rings. The first-order chi connectivity index (χ1) is 11.7. The maximum absolute atomic E-state index is 13.0. The summed E-state index contributed by atoms with van der Waals surface area (Å²) >= 11 is 0. The first-order valence-corrected chi connectivity index (χ1v) is 6.65. The van der Waals surface area contributed by atoms with Crippen LogP contribution in [-0.4, -0.2) is 23.8 Å². The van der Waals surface area contributed by atoms with Gasteiger partial charge in [-0.15, -0.1) is 8.78 Å². The Hall–Kier alpha value is -3.24. The highest BCUT2D eigenvalue weighted by molar-refractivity contribution is 6.08. The molecule has 0 radical (unpaired) electrons. The van der Waals surface area contributed by atoms with Crippen molar-refractivity contribution in [3.8, 4) is 17.2 Å². The number of pyridine rings is 1. The molecule has 11 heteroatoms. The van der Waals surface area contributed by atoms with E-state index >= 15 is 0 Å². The quantitative estimate of drug-likeness (QED) is 0.644. The number of aromatic nitrogens is 1. The van der Waals surface area contributed by atoms with Crippen LogP contribution in [0.4, 0.5) is 29.1 Å². The van der Waals surface area contributed by atoms with Crippen LogP contribution in [0.1, 0.15) is 10.4 Å². The van der Waals surface area contributed by atoms with Gasteiger partial charge < -0.3 is 25.3 Å². The number of nitrogens with two attached hydrogens (primary N) is 1. The third-order valence-corrected chi connectivity index (χ3v) is 3.02. The summed E-state index contributed by atoms with van der Waals surface area (Å²) in [5.41, 5.74) is 5.30. The molecule has 0 bridgehead atoms. The Bertz CT molecular complexity index is 832. The van der Waals surface area contributed by atoms with Crippen molar-refractivity contribution in [2.75, 3.05) is 11.1 Å². The van der Waals surface area contributed by atoms with E-state index in [1.807, 2.05) is 0 Å². The molecule has 3 N–H and O–H groups in total. The predicted octanol–water partition coefficient (Wildman–Crippen LogP) is 2.84. The highest BCUT2D eigenvalue weighted by atomic mass is 19.3. The van der Waals surface area contributed by atoms with E-state index in [0.717, 1.165) is 24.4 Å². The molecule has 25 heavy (non-hydrogen) atoms. The Kier molecular flexibility index (Phi) is 3.99. The van der Waals surface area contributed by atoms with Crippen LogP contribution in [-0.2, 0) is 0 Å². The van der Waals surface area contributed by atoms with E-state index in [1.54, 1.807) is 0 Å². The molecule has 0 fully saturated rings. The third kappa shape index (κ3) is 3.65. The van der Waals surface area contributed by atoms with Crippen molar-refractivity contribution in [1.29, 1.82) is 0 Å². The second-order valence-electron chi connectivity index (χ2n) is 4.76. The molecular formula is C14H9F4N3O4. The molecule has 132 valence electrons. The lowest BCUT2D eigenvalue weighted by Crippen LogP contribution is -2.25. The normalized spacial score (nSPS) is 14.4. The predicted molar refractivity (Wildman–Crippen MR) is 75.9 cm³/mol.